The van der Waals surface area contributed by atoms with Crippen molar-refractivity contribution in [1.29, 1.82) is 0 Å². The van der Waals surface area contributed by atoms with Gasteiger partial charge >= 0.3 is 0 Å². The lowest BCUT2D eigenvalue weighted by Crippen LogP contribution is -2.22. The third-order valence-corrected chi connectivity index (χ3v) is 3.44. The van der Waals surface area contributed by atoms with Crippen molar-refractivity contribution in [2.24, 2.45) is 0 Å². The predicted octanol–water partition coefficient (Wildman–Crippen LogP) is 4.03. The first-order chi connectivity index (χ1) is 9.85. The van der Waals surface area contributed by atoms with Gasteiger partial charge < -0.3 is 5.32 Å². The number of nitrogens with one attached hydrogen (secondary N) is 1. The number of rotatable bonds is 8. The van der Waals surface area contributed by atoms with Crippen LogP contribution >= 0.6 is 0 Å². The molecule has 0 aliphatic carbocycles. The largest absolute Gasteiger partial charge is 0.310 e. The van der Waals surface area contributed by atoms with E-state index in [4.69, 9.17) is 0 Å². The molecule has 0 bridgehead atoms. The van der Waals surface area contributed by atoms with Crippen molar-refractivity contribution < 1.29 is 0 Å². The molecule has 0 radical (unpaired) electrons. The van der Waals surface area contributed by atoms with E-state index < -0.39 is 0 Å². The minimum atomic E-state index is 0.390. The fourth-order valence-corrected chi connectivity index (χ4v) is 2.37. The maximum Gasteiger partial charge on any atom is 0.0890 e. The molecule has 0 saturated heterocycles. The summed E-state index contributed by atoms with van der Waals surface area (Å²) in [5.74, 6) is 0. The zero-order valence-corrected chi connectivity index (χ0v) is 12.2. The zero-order chi connectivity index (χ0) is 14.2. The van der Waals surface area contributed by atoms with Crippen LogP contribution in [-0.4, -0.2) is 16.5 Å². The number of nitrogens with zero attached hydrogens (tertiary/aromatic N) is 2. The summed E-state index contributed by atoms with van der Waals surface area (Å²) in [6.45, 7) is 7.03. The number of fused-ring (bicyclic) bond motifs is 1. The Labute approximate surface area is 121 Å². The minimum absolute atomic E-state index is 0.390. The Hall–Kier alpha value is -1.74. The maximum atomic E-state index is 4.39. The van der Waals surface area contributed by atoms with Crippen LogP contribution < -0.4 is 5.32 Å². The standard InChI is InChI=1S/C17H23N3/c1-3-5-6-7-15(18-10-4-2)14-8-9-16-17(13-14)20-12-11-19-16/h3,8-9,11-13,15,18H,1,4-7,10H2,2H3. The molecule has 0 fully saturated rings. The Bertz CT molecular complexity index is 551. The average molecular weight is 269 g/mol. The Morgan fingerprint density at radius 3 is 2.80 bits per heavy atom. The number of hydrogen-bond donors (Lipinski definition) is 1. The Balaban J connectivity index is 2.17. The van der Waals surface area contributed by atoms with E-state index in [1.165, 1.54) is 5.56 Å². The molecule has 1 N–H and O–H groups in total. The first-order valence-corrected chi connectivity index (χ1v) is 7.40. The molecule has 1 atom stereocenters. The van der Waals surface area contributed by atoms with Gasteiger partial charge in [-0.2, -0.15) is 0 Å². The molecule has 0 amide bonds. The number of allylic oxidation sites excluding steroid dienone is 1. The van der Waals surface area contributed by atoms with Crippen LogP contribution in [0.5, 0.6) is 0 Å². The van der Waals surface area contributed by atoms with Crippen molar-refractivity contribution >= 4 is 11.0 Å². The van der Waals surface area contributed by atoms with E-state index in [2.05, 4.69) is 47.0 Å². The van der Waals surface area contributed by atoms with Gasteiger partial charge in [-0.1, -0.05) is 19.1 Å². The van der Waals surface area contributed by atoms with Crippen LogP contribution in [0.25, 0.3) is 11.0 Å². The Kier molecular flexibility index (Phi) is 5.69. The monoisotopic (exact) mass is 269 g/mol. The van der Waals surface area contributed by atoms with Crippen LogP contribution in [0.2, 0.25) is 0 Å². The smallest absolute Gasteiger partial charge is 0.0890 e. The van der Waals surface area contributed by atoms with Crippen molar-refractivity contribution in [3.8, 4) is 0 Å². The second-order valence-electron chi connectivity index (χ2n) is 5.03. The third kappa shape index (κ3) is 3.87. The molecule has 1 unspecified atom stereocenters. The lowest BCUT2D eigenvalue weighted by atomic mass is 10.00. The molecule has 0 aliphatic rings. The van der Waals surface area contributed by atoms with Gasteiger partial charge in [0.25, 0.3) is 0 Å². The van der Waals surface area contributed by atoms with Gasteiger partial charge in [0.1, 0.15) is 0 Å². The molecule has 106 valence electrons. The van der Waals surface area contributed by atoms with Gasteiger partial charge in [0.05, 0.1) is 11.0 Å². The zero-order valence-electron chi connectivity index (χ0n) is 12.2. The summed E-state index contributed by atoms with van der Waals surface area (Å²) in [6, 6.07) is 6.77. The van der Waals surface area contributed by atoms with Crippen LogP contribution in [0.4, 0.5) is 0 Å². The van der Waals surface area contributed by atoms with Crippen LogP contribution in [-0.2, 0) is 0 Å². The summed E-state index contributed by atoms with van der Waals surface area (Å²) < 4.78 is 0. The average Bonchev–Trinajstić information content (AvgIpc) is 2.50. The molecule has 0 aliphatic heterocycles. The maximum absolute atomic E-state index is 4.39. The molecular weight excluding hydrogens is 246 g/mol. The van der Waals surface area contributed by atoms with Gasteiger partial charge in [0, 0.05) is 18.4 Å². The highest BCUT2D eigenvalue weighted by molar-refractivity contribution is 5.74. The molecule has 1 aromatic heterocycles. The summed E-state index contributed by atoms with van der Waals surface area (Å²) in [4.78, 5) is 8.72. The van der Waals surface area contributed by atoms with Gasteiger partial charge in [-0.3, -0.25) is 9.97 Å². The summed E-state index contributed by atoms with van der Waals surface area (Å²) in [7, 11) is 0. The fourth-order valence-electron chi connectivity index (χ4n) is 2.37. The SMILES string of the molecule is C=CCCCC(NCCC)c1ccc2nccnc2c1. The lowest BCUT2D eigenvalue weighted by molar-refractivity contribution is 0.486. The molecule has 1 aromatic carbocycles. The van der Waals surface area contributed by atoms with E-state index in [1.54, 1.807) is 12.4 Å². The van der Waals surface area contributed by atoms with Crippen LogP contribution in [0.3, 0.4) is 0 Å². The minimum Gasteiger partial charge on any atom is -0.310 e. The highest BCUT2D eigenvalue weighted by Gasteiger charge is 2.11. The van der Waals surface area contributed by atoms with Gasteiger partial charge in [-0.15, -0.1) is 6.58 Å². The second-order valence-corrected chi connectivity index (χ2v) is 5.03. The van der Waals surface area contributed by atoms with E-state index in [1.807, 2.05) is 6.08 Å². The summed E-state index contributed by atoms with van der Waals surface area (Å²) in [6.07, 6.45) is 9.96. The predicted molar refractivity (Wildman–Crippen MR) is 84.6 cm³/mol. The molecular formula is C17H23N3. The number of hydrogen-bond acceptors (Lipinski definition) is 3. The van der Waals surface area contributed by atoms with Crippen molar-refractivity contribution in [2.75, 3.05) is 6.54 Å². The highest BCUT2D eigenvalue weighted by Crippen LogP contribution is 2.22. The van der Waals surface area contributed by atoms with Gasteiger partial charge in [-0.05, 0) is 49.9 Å². The first kappa shape index (κ1) is 14.7. The van der Waals surface area contributed by atoms with Crippen LogP contribution in [0.1, 0.15) is 44.2 Å². The van der Waals surface area contributed by atoms with Gasteiger partial charge in [0.2, 0.25) is 0 Å². The van der Waals surface area contributed by atoms with Gasteiger partial charge in [-0.25, -0.2) is 0 Å². The molecule has 2 aromatic rings. The third-order valence-electron chi connectivity index (χ3n) is 3.44. The molecule has 20 heavy (non-hydrogen) atoms. The van der Waals surface area contributed by atoms with Crippen molar-refractivity contribution in [3.05, 3.63) is 48.8 Å². The van der Waals surface area contributed by atoms with E-state index in [0.29, 0.717) is 6.04 Å². The quantitative estimate of drug-likeness (QED) is 0.581. The van der Waals surface area contributed by atoms with Crippen LogP contribution in [0, 0.1) is 0 Å². The van der Waals surface area contributed by atoms with Gasteiger partial charge in [0.15, 0.2) is 0 Å². The highest BCUT2D eigenvalue weighted by atomic mass is 14.9. The van der Waals surface area contributed by atoms with Crippen molar-refractivity contribution in [3.63, 3.8) is 0 Å². The lowest BCUT2D eigenvalue weighted by Gasteiger charge is -2.19. The number of unbranched alkanes of at least 4 members (excludes halogenated alkanes) is 1. The second kappa shape index (κ2) is 7.75. The Morgan fingerprint density at radius 1 is 1.25 bits per heavy atom. The summed E-state index contributed by atoms with van der Waals surface area (Å²) >= 11 is 0. The van der Waals surface area contributed by atoms with E-state index in [-0.39, 0.29) is 0 Å². The molecule has 2 rings (SSSR count). The van der Waals surface area contributed by atoms with Crippen molar-refractivity contribution in [1.82, 2.24) is 15.3 Å². The first-order valence-electron chi connectivity index (χ1n) is 7.40. The Morgan fingerprint density at radius 2 is 2.05 bits per heavy atom. The van der Waals surface area contributed by atoms with Crippen molar-refractivity contribution in [2.45, 2.75) is 38.6 Å². The van der Waals surface area contributed by atoms with E-state index in [0.717, 1.165) is 43.3 Å². The number of benzene rings is 1. The molecule has 3 nitrogen and oxygen atoms in total. The normalized spacial score (nSPS) is 12.4. The topological polar surface area (TPSA) is 37.8 Å². The number of aromatic nitrogens is 2. The molecule has 1 heterocycles. The van der Waals surface area contributed by atoms with E-state index >= 15 is 0 Å². The summed E-state index contributed by atoms with van der Waals surface area (Å²) in [5.41, 5.74) is 3.23. The van der Waals surface area contributed by atoms with E-state index in [9.17, 15) is 0 Å². The molecule has 3 heteroatoms. The summed E-state index contributed by atoms with van der Waals surface area (Å²) in [5, 5.41) is 3.63. The molecule has 0 spiro atoms. The van der Waals surface area contributed by atoms with Crippen LogP contribution in [0.15, 0.2) is 43.2 Å². The fraction of sp³-hybridized carbons (Fsp3) is 0.412. The molecule has 0 saturated carbocycles.